The third kappa shape index (κ3) is 3.78. The van der Waals surface area contributed by atoms with Gasteiger partial charge in [0.1, 0.15) is 4.88 Å². The molecule has 6 heteroatoms. The number of aromatic nitrogens is 2. The smallest absolute Gasteiger partial charge is 0.281 e. The van der Waals surface area contributed by atoms with Gasteiger partial charge >= 0.3 is 0 Å². The van der Waals surface area contributed by atoms with Crippen LogP contribution in [0.2, 0.25) is 0 Å². The topological polar surface area (TPSA) is 58.1 Å². The van der Waals surface area contributed by atoms with Gasteiger partial charge in [-0.3, -0.25) is 15.2 Å². The number of aryl methyl sites for hydroxylation is 1. The molecule has 5 nitrogen and oxygen atoms in total. The van der Waals surface area contributed by atoms with Crippen LogP contribution < -0.4 is 10.4 Å². The molecule has 0 radical (unpaired) electrons. The number of hydrogen-bond donors (Lipinski definition) is 1. The quantitative estimate of drug-likeness (QED) is 0.699. The highest BCUT2D eigenvalue weighted by molar-refractivity contribution is 7.08. The van der Waals surface area contributed by atoms with E-state index in [0.29, 0.717) is 17.8 Å². The minimum Gasteiger partial charge on any atom is -0.281 e. The fourth-order valence-corrected chi connectivity index (χ4v) is 3.00. The fourth-order valence-electron chi connectivity index (χ4n) is 2.36. The van der Waals surface area contributed by atoms with E-state index < -0.39 is 0 Å². The maximum Gasteiger partial charge on any atom is 0.283 e. The van der Waals surface area contributed by atoms with Gasteiger partial charge in [0.15, 0.2) is 0 Å². The number of para-hydroxylation sites is 1. The molecule has 0 saturated carbocycles. The molecule has 122 valence electrons. The molecule has 0 aliphatic heterocycles. The molecule has 1 N–H and O–H groups in total. The van der Waals surface area contributed by atoms with Gasteiger partial charge in [0, 0.05) is 0 Å². The van der Waals surface area contributed by atoms with E-state index in [9.17, 15) is 4.79 Å². The lowest BCUT2D eigenvalue weighted by atomic mass is 10.2. The Balaban J connectivity index is 1.83. The standard InChI is InChI=1S/C18H18N4OS/c1-2-16-17(24-21-19-16)18(23)20-22(15-11-7-4-8-12-15)13-14-9-5-3-6-10-14/h3-12H,2,13H2,1H3,(H,20,23). The molecule has 3 aromatic rings. The Morgan fingerprint density at radius 1 is 1.08 bits per heavy atom. The minimum absolute atomic E-state index is 0.179. The van der Waals surface area contributed by atoms with Crippen LogP contribution >= 0.6 is 11.5 Å². The van der Waals surface area contributed by atoms with Crippen LogP contribution in [0, 0.1) is 0 Å². The molecule has 0 aliphatic rings. The second-order valence-corrected chi connectivity index (χ2v) is 6.00. The molecule has 0 bridgehead atoms. The van der Waals surface area contributed by atoms with Crippen molar-refractivity contribution < 1.29 is 4.79 Å². The lowest BCUT2D eigenvalue weighted by Crippen LogP contribution is -2.42. The van der Waals surface area contributed by atoms with Crippen LogP contribution in [0.5, 0.6) is 0 Å². The Morgan fingerprint density at radius 3 is 2.42 bits per heavy atom. The van der Waals surface area contributed by atoms with E-state index >= 15 is 0 Å². The Hall–Kier alpha value is -2.73. The van der Waals surface area contributed by atoms with Crippen molar-refractivity contribution in [2.24, 2.45) is 0 Å². The first kappa shape index (κ1) is 16.1. The average molecular weight is 338 g/mol. The third-order valence-corrected chi connectivity index (χ3v) is 4.35. The molecule has 0 aliphatic carbocycles. The monoisotopic (exact) mass is 338 g/mol. The second kappa shape index (κ2) is 7.70. The van der Waals surface area contributed by atoms with Crippen LogP contribution in [-0.4, -0.2) is 15.5 Å². The maximum absolute atomic E-state index is 12.6. The molecule has 2 aromatic carbocycles. The van der Waals surface area contributed by atoms with Crippen LogP contribution in [0.25, 0.3) is 0 Å². The van der Waals surface area contributed by atoms with Crippen molar-refractivity contribution in [1.29, 1.82) is 0 Å². The van der Waals surface area contributed by atoms with Gasteiger partial charge in [-0.05, 0) is 35.6 Å². The Kier molecular flexibility index (Phi) is 5.18. The number of hydrazine groups is 1. The highest BCUT2D eigenvalue weighted by Gasteiger charge is 2.18. The van der Waals surface area contributed by atoms with Crippen LogP contribution in [0.4, 0.5) is 5.69 Å². The van der Waals surface area contributed by atoms with Crippen LogP contribution in [0.15, 0.2) is 60.7 Å². The van der Waals surface area contributed by atoms with E-state index in [1.165, 1.54) is 0 Å². The molecule has 0 unspecified atom stereocenters. The molecular formula is C18H18N4OS. The zero-order valence-electron chi connectivity index (χ0n) is 13.3. The van der Waals surface area contributed by atoms with E-state index in [1.807, 2.05) is 72.6 Å². The zero-order valence-corrected chi connectivity index (χ0v) is 14.2. The molecule has 0 spiro atoms. The van der Waals surface area contributed by atoms with Gasteiger partial charge in [-0.15, -0.1) is 5.10 Å². The summed E-state index contributed by atoms with van der Waals surface area (Å²) in [6, 6.07) is 19.8. The number of amides is 1. The summed E-state index contributed by atoms with van der Waals surface area (Å²) in [6.45, 7) is 2.54. The Bertz CT molecular complexity index is 789. The van der Waals surface area contributed by atoms with Crippen molar-refractivity contribution in [3.05, 3.63) is 76.8 Å². The first-order valence-electron chi connectivity index (χ1n) is 7.76. The average Bonchev–Trinajstić information content (AvgIpc) is 3.12. The number of carbonyl (C=O) groups is 1. The molecule has 0 saturated heterocycles. The number of anilines is 1. The van der Waals surface area contributed by atoms with Crippen molar-refractivity contribution in [2.75, 3.05) is 5.01 Å². The summed E-state index contributed by atoms with van der Waals surface area (Å²) < 4.78 is 3.89. The van der Waals surface area contributed by atoms with E-state index in [0.717, 1.165) is 28.5 Å². The molecule has 1 amide bonds. The van der Waals surface area contributed by atoms with Crippen LogP contribution in [0.3, 0.4) is 0 Å². The molecule has 0 atom stereocenters. The van der Waals surface area contributed by atoms with Crippen LogP contribution in [0.1, 0.15) is 27.9 Å². The van der Waals surface area contributed by atoms with E-state index in [4.69, 9.17) is 0 Å². The van der Waals surface area contributed by atoms with Gasteiger partial charge < -0.3 is 0 Å². The second-order valence-electron chi connectivity index (χ2n) is 5.25. The van der Waals surface area contributed by atoms with E-state index in [1.54, 1.807) is 0 Å². The number of carbonyl (C=O) groups excluding carboxylic acids is 1. The van der Waals surface area contributed by atoms with Gasteiger partial charge in [-0.2, -0.15) is 0 Å². The summed E-state index contributed by atoms with van der Waals surface area (Å²) in [5.41, 5.74) is 5.74. The summed E-state index contributed by atoms with van der Waals surface area (Å²) in [4.78, 5) is 13.2. The summed E-state index contributed by atoms with van der Waals surface area (Å²) in [7, 11) is 0. The Labute approximate surface area is 145 Å². The SMILES string of the molecule is CCc1nnsc1C(=O)NN(Cc1ccccc1)c1ccccc1. The molecule has 24 heavy (non-hydrogen) atoms. The van der Waals surface area contributed by atoms with Gasteiger partial charge in [-0.25, -0.2) is 0 Å². The summed E-state index contributed by atoms with van der Waals surface area (Å²) in [5.74, 6) is -0.179. The first-order chi connectivity index (χ1) is 11.8. The molecular weight excluding hydrogens is 320 g/mol. The van der Waals surface area contributed by atoms with E-state index in [-0.39, 0.29) is 5.91 Å². The van der Waals surface area contributed by atoms with Crippen molar-refractivity contribution >= 4 is 23.1 Å². The summed E-state index contributed by atoms with van der Waals surface area (Å²) in [5, 5.41) is 5.85. The lowest BCUT2D eigenvalue weighted by Gasteiger charge is -2.25. The number of nitrogens with one attached hydrogen (secondary N) is 1. The van der Waals surface area contributed by atoms with E-state index in [2.05, 4.69) is 15.0 Å². The van der Waals surface area contributed by atoms with Crippen molar-refractivity contribution in [2.45, 2.75) is 19.9 Å². The third-order valence-electron chi connectivity index (χ3n) is 3.58. The fraction of sp³-hybridized carbons (Fsp3) is 0.167. The normalized spacial score (nSPS) is 10.4. The summed E-state index contributed by atoms with van der Waals surface area (Å²) in [6.07, 6.45) is 0.684. The predicted octanol–water partition coefficient (Wildman–Crippen LogP) is 3.45. The Morgan fingerprint density at radius 2 is 1.75 bits per heavy atom. The van der Waals surface area contributed by atoms with Crippen molar-refractivity contribution in [3.63, 3.8) is 0 Å². The van der Waals surface area contributed by atoms with Crippen LogP contribution in [-0.2, 0) is 13.0 Å². The minimum atomic E-state index is -0.179. The van der Waals surface area contributed by atoms with Crippen molar-refractivity contribution in [3.8, 4) is 0 Å². The summed E-state index contributed by atoms with van der Waals surface area (Å²) >= 11 is 1.13. The predicted molar refractivity (Wildman–Crippen MR) is 95.8 cm³/mol. The van der Waals surface area contributed by atoms with Crippen molar-refractivity contribution in [1.82, 2.24) is 15.0 Å². The number of hydrogen-bond acceptors (Lipinski definition) is 5. The zero-order chi connectivity index (χ0) is 16.8. The van der Waals surface area contributed by atoms with Gasteiger partial charge in [0.05, 0.1) is 17.9 Å². The first-order valence-corrected chi connectivity index (χ1v) is 8.54. The van der Waals surface area contributed by atoms with Gasteiger partial charge in [-0.1, -0.05) is 59.9 Å². The van der Waals surface area contributed by atoms with Gasteiger partial charge in [0.25, 0.3) is 5.91 Å². The highest BCUT2D eigenvalue weighted by Crippen LogP contribution is 2.17. The number of rotatable bonds is 6. The molecule has 1 aromatic heterocycles. The lowest BCUT2D eigenvalue weighted by molar-refractivity contribution is 0.0951. The highest BCUT2D eigenvalue weighted by atomic mass is 32.1. The van der Waals surface area contributed by atoms with Gasteiger partial charge in [0.2, 0.25) is 0 Å². The largest absolute Gasteiger partial charge is 0.283 e. The maximum atomic E-state index is 12.6. The molecule has 3 rings (SSSR count). The number of benzene rings is 2. The number of nitrogens with zero attached hydrogens (tertiary/aromatic N) is 3. The molecule has 0 fully saturated rings. The molecule has 1 heterocycles.